The SMILES string of the molecule is CCC=CCC=CCC=CCC=CCCCCC(=O)OC(CO)COC(=O)CCC=CCC=CCC=CCC=CCC=CCCCCC. The first-order valence-corrected chi connectivity index (χ1v) is 18.4. The number of ether oxygens (including phenoxy) is 2. The summed E-state index contributed by atoms with van der Waals surface area (Å²) in [5.41, 5.74) is 0. The van der Waals surface area contributed by atoms with E-state index in [0.717, 1.165) is 64.2 Å². The van der Waals surface area contributed by atoms with Crippen LogP contribution in [0.1, 0.15) is 129 Å². The van der Waals surface area contributed by atoms with Crippen molar-refractivity contribution in [1.29, 1.82) is 0 Å². The molecule has 0 spiro atoms. The molecule has 0 radical (unpaired) electrons. The molecule has 0 aliphatic rings. The Morgan fingerprint density at radius 2 is 0.917 bits per heavy atom. The molecule has 0 aromatic rings. The number of carbonyl (C=O) groups is 2. The topological polar surface area (TPSA) is 72.8 Å². The molecule has 0 heterocycles. The Bertz CT molecular complexity index is 1020. The third-order valence-corrected chi connectivity index (χ3v) is 7.06. The second-order valence-corrected chi connectivity index (χ2v) is 11.6. The molecule has 5 nitrogen and oxygen atoms in total. The van der Waals surface area contributed by atoms with Crippen LogP contribution in [0.5, 0.6) is 0 Å². The predicted molar refractivity (Wildman–Crippen MR) is 205 cm³/mol. The Hall–Kier alpha value is -3.44. The summed E-state index contributed by atoms with van der Waals surface area (Å²) in [6.45, 7) is 3.86. The van der Waals surface area contributed by atoms with Gasteiger partial charge in [0.15, 0.2) is 6.10 Å². The van der Waals surface area contributed by atoms with E-state index in [1.807, 2.05) is 12.2 Å². The van der Waals surface area contributed by atoms with Gasteiger partial charge in [0.2, 0.25) is 0 Å². The summed E-state index contributed by atoms with van der Waals surface area (Å²) in [5.74, 6) is -0.750. The summed E-state index contributed by atoms with van der Waals surface area (Å²) < 4.78 is 10.5. The monoisotopic (exact) mass is 662 g/mol. The van der Waals surface area contributed by atoms with E-state index in [-0.39, 0.29) is 38.0 Å². The lowest BCUT2D eigenvalue weighted by Gasteiger charge is -2.15. The van der Waals surface area contributed by atoms with E-state index in [1.54, 1.807) is 0 Å². The van der Waals surface area contributed by atoms with E-state index in [9.17, 15) is 14.7 Å². The van der Waals surface area contributed by atoms with Gasteiger partial charge in [0.25, 0.3) is 0 Å². The van der Waals surface area contributed by atoms with Crippen molar-refractivity contribution in [3.8, 4) is 0 Å². The second-order valence-electron chi connectivity index (χ2n) is 11.6. The van der Waals surface area contributed by atoms with Crippen LogP contribution in [0.2, 0.25) is 0 Å². The summed E-state index contributed by atoms with van der Waals surface area (Å²) in [6, 6.07) is 0. The molecule has 268 valence electrons. The van der Waals surface area contributed by atoms with Crippen molar-refractivity contribution < 1.29 is 24.2 Å². The van der Waals surface area contributed by atoms with Gasteiger partial charge < -0.3 is 14.6 Å². The number of allylic oxidation sites excluding steroid dienone is 18. The van der Waals surface area contributed by atoms with E-state index < -0.39 is 6.10 Å². The Labute approximate surface area is 293 Å². The van der Waals surface area contributed by atoms with Crippen LogP contribution in [-0.4, -0.2) is 36.4 Å². The van der Waals surface area contributed by atoms with E-state index in [1.165, 1.54) is 25.7 Å². The average Bonchev–Trinajstić information content (AvgIpc) is 3.09. The third-order valence-electron chi connectivity index (χ3n) is 7.06. The van der Waals surface area contributed by atoms with Crippen molar-refractivity contribution in [3.63, 3.8) is 0 Å². The summed E-state index contributed by atoms with van der Waals surface area (Å²) in [7, 11) is 0. The Morgan fingerprint density at radius 3 is 1.35 bits per heavy atom. The highest BCUT2D eigenvalue weighted by molar-refractivity contribution is 5.70. The molecule has 1 N–H and O–H groups in total. The van der Waals surface area contributed by atoms with Gasteiger partial charge in [-0.25, -0.2) is 0 Å². The van der Waals surface area contributed by atoms with E-state index in [4.69, 9.17) is 9.47 Å². The van der Waals surface area contributed by atoms with Crippen LogP contribution in [0, 0.1) is 0 Å². The summed E-state index contributed by atoms with van der Waals surface area (Å²) in [5, 5.41) is 9.52. The molecule has 0 saturated heterocycles. The molecule has 0 amide bonds. The zero-order chi connectivity index (χ0) is 35.0. The first-order chi connectivity index (χ1) is 23.6. The fourth-order valence-corrected chi connectivity index (χ4v) is 4.29. The maximum atomic E-state index is 12.1. The van der Waals surface area contributed by atoms with Crippen molar-refractivity contribution >= 4 is 11.9 Å². The summed E-state index contributed by atoms with van der Waals surface area (Å²) >= 11 is 0. The van der Waals surface area contributed by atoms with E-state index in [2.05, 4.69) is 111 Å². The smallest absolute Gasteiger partial charge is 0.306 e. The lowest BCUT2D eigenvalue weighted by molar-refractivity contribution is -0.161. The van der Waals surface area contributed by atoms with Crippen LogP contribution in [-0.2, 0) is 19.1 Å². The molecular weight excluding hydrogens is 596 g/mol. The van der Waals surface area contributed by atoms with Gasteiger partial charge in [-0.2, -0.15) is 0 Å². The minimum absolute atomic E-state index is 0.130. The Kier molecular flexibility index (Phi) is 35.3. The fraction of sp³-hybridized carbons (Fsp3) is 0.535. The van der Waals surface area contributed by atoms with Crippen LogP contribution >= 0.6 is 0 Å². The van der Waals surface area contributed by atoms with Gasteiger partial charge in [0, 0.05) is 12.8 Å². The standard InChI is InChI=1S/C43H66O5/c1-3-5-7-9-11-13-15-17-19-20-21-22-24-25-27-29-31-33-35-37-42(45)47-40-41(39-44)48-43(46)38-36-34-32-30-28-26-23-18-16-14-12-10-8-6-4-2/h6,8,11-14,17-19,21-23,25,27-28,30-31,33,41,44H,3-5,7,9-10,15-16,20,24,26,29,32,34-40H2,1-2H3. The zero-order valence-corrected chi connectivity index (χ0v) is 30.2. The second kappa shape index (κ2) is 38.0. The van der Waals surface area contributed by atoms with Crippen molar-refractivity contribution in [1.82, 2.24) is 0 Å². The number of hydrogen-bond donors (Lipinski definition) is 1. The number of esters is 2. The number of aliphatic hydroxyl groups excluding tert-OH is 1. The van der Waals surface area contributed by atoms with Gasteiger partial charge in [-0.05, 0) is 89.9 Å². The third kappa shape index (κ3) is 35.4. The number of aliphatic hydroxyl groups is 1. The van der Waals surface area contributed by atoms with Gasteiger partial charge in [0.1, 0.15) is 6.61 Å². The molecule has 0 rings (SSSR count). The van der Waals surface area contributed by atoms with Crippen molar-refractivity contribution in [2.24, 2.45) is 0 Å². The van der Waals surface area contributed by atoms with Crippen LogP contribution in [0.15, 0.2) is 109 Å². The normalized spacial score (nSPS) is 13.5. The first kappa shape index (κ1) is 44.6. The highest BCUT2D eigenvalue weighted by Gasteiger charge is 2.15. The fourth-order valence-electron chi connectivity index (χ4n) is 4.29. The van der Waals surface area contributed by atoms with Crippen LogP contribution in [0.3, 0.4) is 0 Å². The maximum absolute atomic E-state index is 12.1. The highest BCUT2D eigenvalue weighted by Crippen LogP contribution is 2.06. The molecule has 0 fully saturated rings. The van der Waals surface area contributed by atoms with Gasteiger partial charge in [-0.15, -0.1) is 0 Å². The maximum Gasteiger partial charge on any atom is 0.306 e. The molecule has 48 heavy (non-hydrogen) atoms. The molecule has 0 saturated carbocycles. The van der Waals surface area contributed by atoms with Crippen LogP contribution < -0.4 is 0 Å². The van der Waals surface area contributed by atoms with Crippen LogP contribution in [0.4, 0.5) is 0 Å². The van der Waals surface area contributed by atoms with Gasteiger partial charge in [-0.1, -0.05) is 136 Å². The average molecular weight is 663 g/mol. The minimum Gasteiger partial charge on any atom is -0.462 e. The zero-order valence-electron chi connectivity index (χ0n) is 30.2. The van der Waals surface area contributed by atoms with Crippen molar-refractivity contribution in [3.05, 3.63) is 109 Å². The number of hydrogen-bond acceptors (Lipinski definition) is 5. The lowest BCUT2D eigenvalue weighted by atomic mass is 10.2. The molecule has 5 heteroatoms. The molecule has 1 atom stereocenters. The molecule has 0 aromatic carbocycles. The quantitative estimate of drug-likeness (QED) is 0.0454. The number of carbonyl (C=O) groups excluding carboxylic acids is 2. The van der Waals surface area contributed by atoms with E-state index >= 15 is 0 Å². The number of unbranched alkanes of at least 4 members (excludes halogenated alkanes) is 5. The molecule has 1 unspecified atom stereocenters. The van der Waals surface area contributed by atoms with Gasteiger partial charge in [-0.3, -0.25) is 9.59 Å². The lowest BCUT2D eigenvalue weighted by Crippen LogP contribution is -2.28. The van der Waals surface area contributed by atoms with Crippen molar-refractivity contribution in [2.75, 3.05) is 13.2 Å². The van der Waals surface area contributed by atoms with Gasteiger partial charge in [0.05, 0.1) is 6.61 Å². The van der Waals surface area contributed by atoms with Crippen LogP contribution in [0.25, 0.3) is 0 Å². The first-order valence-electron chi connectivity index (χ1n) is 18.4. The summed E-state index contributed by atoms with van der Waals surface area (Å²) in [6.07, 6.45) is 54.4. The van der Waals surface area contributed by atoms with E-state index in [0.29, 0.717) is 12.8 Å². The molecular formula is C43H66O5. The summed E-state index contributed by atoms with van der Waals surface area (Å²) in [4.78, 5) is 24.2. The Morgan fingerprint density at radius 1 is 0.500 bits per heavy atom. The largest absolute Gasteiger partial charge is 0.462 e. The predicted octanol–water partition coefficient (Wildman–Crippen LogP) is 11.5. The minimum atomic E-state index is -0.830. The number of rotatable bonds is 31. The molecule has 0 aliphatic heterocycles. The van der Waals surface area contributed by atoms with Crippen molar-refractivity contribution in [2.45, 2.75) is 136 Å². The molecule has 0 aliphatic carbocycles. The van der Waals surface area contributed by atoms with Gasteiger partial charge >= 0.3 is 11.9 Å². The molecule has 0 bridgehead atoms. The Balaban J connectivity index is 3.82. The highest BCUT2D eigenvalue weighted by atomic mass is 16.6. The molecule has 0 aromatic heterocycles.